The Balaban J connectivity index is 1.60. The van der Waals surface area contributed by atoms with E-state index < -0.39 is 0 Å². The summed E-state index contributed by atoms with van der Waals surface area (Å²) in [4.78, 5) is 20.9. The third-order valence-electron chi connectivity index (χ3n) is 4.22. The number of carbonyl (C=O) groups is 1. The Hall–Kier alpha value is -2.27. The summed E-state index contributed by atoms with van der Waals surface area (Å²) in [7, 11) is 0. The van der Waals surface area contributed by atoms with E-state index in [9.17, 15) is 4.79 Å². The van der Waals surface area contributed by atoms with Crippen LogP contribution in [0, 0.1) is 0 Å². The predicted octanol–water partition coefficient (Wildman–Crippen LogP) is 3.20. The maximum atomic E-state index is 12.0. The van der Waals surface area contributed by atoms with Crippen LogP contribution < -0.4 is 15.1 Å². The first-order valence-corrected chi connectivity index (χ1v) is 8.93. The molecule has 0 saturated carbocycles. The number of halogens is 1. The number of pyridine rings is 1. The van der Waals surface area contributed by atoms with Crippen molar-refractivity contribution in [3.63, 3.8) is 0 Å². The average Bonchev–Trinajstić information content (AvgIpc) is 2.61. The van der Waals surface area contributed by atoms with Gasteiger partial charge in [-0.05, 0) is 44.2 Å². The van der Waals surface area contributed by atoms with Gasteiger partial charge in [0.15, 0.2) is 0 Å². The number of nitrogens with zero attached hydrogens (tertiary/aromatic N) is 3. The van der Waals surface area contributed by atoms with Gasteiger partial charge in [-0.1, -0.05) is 17.7 Å². The zero-order chi connectivity index (χ0) is 17.8. The molecule has 0 aliphatic carbocycles. The molecule has 0 radical (unpaired) electrons. The maximum Gasteiger partial charge on any atom is 0.270 e. The minimum Gasteiger partial charge on any atom is -0.368 e. The molecule has 3 rings (SSSR count). The summed E-state index contributed by atoms with van der Waals surface area (Å²) in [5.41, 5.74) is 2.66. The van der Waals surface area contributed by atoms with Crippen molar-refractivity contribution >= 4 is 28.9 Å². The van der Waals surface area contributed by atoms with Crippen LogP contribution in [0.1, 0.15) is 24.3 Å². The standard InChI is InChI=1S/C19H23ClN4O/c1-14(2)22-19(25)18-7-6-17(13-21-18)24-10-8-23(9-11-24)16-5-3-4-15(20)12-16/h3-7,12-14H,8-11H2,1-2H3,(H,22,25). The van der Waals surface area contributed by atoms with Crippen LogP contribution in [0.2, 0.25) is 5.02 Å². The fourth-order valence-corrected chi connectivity index (χ4v) is 3.12. The highest BCUT2D eigenvalue weighted by Crippen LogP contribution is 2.22. The number of rotatable bonds is 4. The summed E-state index contributed by atoms with van der Waals surface area (Å²) in [6, 6.07) is 11.8. The van der Waals surface area contributed by atoms with E-state index in [1.165, 1.54) is 0 Å². The number of hydrogen-bond acceptors (Lipinski definition) is 4. The largest absolute Gasteiger partial charge is 0.368 e. The first kappa shape index (κ1) is 17.5. The number of benzene rings is 1. The molecular weight excluding hydrogens is 336 g/mol. The Labute approximate surface area is 153 Å². The van der Waals surface area contributed by atoms with Crippen molar-refractivity contribution in [3.8, 4) is 0 Å². The van der Waals surface area contributed by atoms with Crippen molar-refractivity contribution < 1.29 is 4.79 Å². The van der Waals surface area contributed by atoms with E-state index in [0.29, 0.717) is 5.69 Å². The molecule has 1 aliphatic rings. The van der Waals surface area contributed by atoms with Gasteiger partial charge < -0.3 is 15.1 Å². The van der Waals surface area contributed by atoms with Crippen molar-refractivity contribution in [2.75, 3.05) is 36.0 Å². The lowest BCUT2D eigenvalue weighted by atomic mass is 10.2. The van der Waals surface area contributed by atoms with Crippen LogP contribution in [0.15, 0.2) is 42.6 Å². The Kier molecular flexibility index (Phi) is 5.43. The lowest BCUT2D eigenvalue weighted by molar-refractivity contribution is 0.0938. The highest BCUT2D eigenvalue weighted by Gasteiger charge is 2.18. The lowest BCUT2D eigenvalue weighted by Gasteiger charge is -2.37. The summed E-state index contributed by atoms with van der Waals surface area (Å²) < 4.78 is 0. The SMILES string of the molecule is CC(C)NC(=O)c1ccc(N2CCN(c3cccc(Cl)c3)CC2)cn1. The molecule has 1 aromatic carbocycles. The number of amides is 1. The van der Waals surface area contributed by atoms with Crippen LogP contribution in [0.25, 0.3) is 0 Å². The molecule has 1 N–H and O–H groups in total. The van der Waals surface area contributed by atoms with Gasteiger partial charge in [-0.15, -0.1) is 0 Å². The molecule has 2 aromatic rings. The molecule has 2 heterocycles. The average molecular weight is 359 g/mol. The van der Waals surface area contributed by atoms with Gasteiger partial charge in [-0.3, -0.25) is 4.79 Å². The van der Waals surface area contributed by atoms with E-state index in [1.807, 2.05) is 38.1 Å². The van der Waals surface area contributed by atoms with Crippen LogP contribution in [0.5, 0.6) is 0 Å². The molecule has 25 heavy (non-hydrogen) atoms. The van der Waals surface area contributed by atoms with E-state index in [0.717, 1.165) is 42.6 Å². The van der Waals surface area contributed by atoms with Crippen molar-refractivity contribution in [3.05, 3.63) is 53.3 Å². The summed E-state index contributed by atoms with van der Waals surface area (Å²) in [6.45, 7) is 7.54. The fraction of sp³-hybridized carbons (Fsp3) is 0.368. The highest BCUT2D eigenvalue weighted by atomic mass is 35.5. The van der Waals surface area contributed by atoms with E-state index in [-0.39, 0.29) is 11.9 Å². The number of piperazine rings is 1. The van der Waals surface area contributed by atoms with Gasteiger partial charge in [-0.25, -0.2) is 4.98 Å². The highest BCUT2D eigenvalue weighted by molar-refractivity contribution is 6.30. The molecule has 0 spiro atoms. The normalized spacial score (nSPS) is 14.7. The minimum absolute atomic E-state index is 0.105. The topological polar surface area (TPSA) is 48.5 Å². The quantitative estimate of drug-likeness (QED) is 0.911. The summed E-state index contributed by atoms with van der Waals surface area (Å²) in [5.74, 6) is -0.132. The van der Waals surface area contributed by atoms with Gasteiger partial charge >= 0.3 is 0 Å². The zero-order valence-electron chi connectivity index (χ0n) is 14.6. The molecule has 1 saturated heterocycles. The van der Waals surface area contributed by atoms with Gasteiger partial charge in [-0.2, -0.15) is 0 Å². The Morgan fingerprint density at radius 1 is 1.08 bits per heavy atom. The molecule has 1 aliphatic heterocycles. The second kappa shape index (κ2) is 7.74. The second-order valence-electron chi connectivity index (χ2n) is 6.48. The molecular formula is C19H23ClN4O. The van der Waals surface area contributed by atoms with Crippen LogP contribution in [0.4, 0.5) is 11.4 Å². The molecule has 1 aromatic heterocycles. The lowest BCUT2D eigenvalue weighted by Crippen LogP contribution is -2.46. The monoisotopic (exact) mass is 358 g/mol. The Morgan fingerprint density at radius 2 is 1.76 bits per heavy atom. The second-order valence-corrected chi connectivity index (χ2v) is 6.92. The van der Waals surface area contributed by atoms with Gasteiger partial charge in [0.25, 0.3) is 5.91 Å². The molecule has 1 amide bonds. The molecule has 0 unspecified atom stereocenters. The molecule has 5 nitrogen and oxygen atoms in total. The zero-order valence-corrected chi connectivity index (χ0v) is 15.3. The summed E-state index contributed by atoms with van der Waals surface area (Å²) in [5, 5.41) is 3.62. The smallest absolute Gasteiger partial charge is 0.270 e. The maximum absolute atomic E-state index is 12.0. The predicted molar refractivity (Wildman–Crippen MR) is 103 cm³/mol. The van der Waals surface area contributed by atoms with E-state index in [1.54, 1.807) is 12.3 Å². The number of hydrogen-bond donors (Lipinski definition) is 1. The van der Waals surface area contributed by atoms with Crippen LogP contribution >= 0.6 is 11.6 Å². The molecule has 0 bridgehead atoms. The Morgan fingerprint density at radius 3 is 2.32 bits per heavy atom. The summed E-state index contributed by atoms with van der Waals surface area (Å²) >= 11 is 6.08. The molecule has 6 heteroatoms. The Bertz CT molecular complexity index is 724. The molecule has 1 fully saturated rings. The summed E-state index contributed by atoms with van der Waals surface area (Å²) in [6.07, 6.45) is 1.78. The fourth-order valence-electron chi connectivity index (χ4n) is 2.94. The minimum atomic E-state index is -0.132. The van der Waals surface area contributed by atoms with Crippen LogP contribution in [0.3, 0.4) is 0 Å². The molecule has 132 valence electrons. The van der Waals surface area contributed by atoms with E-state index in [2.05, 4.69) is 26.2 Å². The van der Waals surface area contributed by atoms with E-state index in [4.69, 9.17) is 11.6 Å². The number of anilines is 2. The third kappa shape index (κ3) is 4.42. The first-order valence-electron chi connectivity index (χ1n) is 8.55. The van der Waals surface area contributed by atoms with Crippen molar-refractivity contribution in [2.24, 2.45) is 0 Å². The van der Waals surface area contributed by atoms with Gasteiger partial charge in [0.2, 0.25) is 0 Å². The van der Waals surface area contributed by atoms with Crippen LogP contribution in [-0.2, 0) is 0 Å². The van der Waals surface area contributed by atoms with Crippen molar-refractivity contribution in [1.82, 2.24) is 10.3 Å². The first-order chi connectivity index (χ1) is 12.0. The number of aromatic nitrogens is 1. The van der Waals surface area contributed by atoms with Crippen molar-refractivity contribution in [1.29, 1.82) is 0 Å². The van der Waals surface area contributed by atoms with Crippen molar-refractivity contribution in [2.45, 2.75) is 19.9 Å². The van der Waals surface area contributed by atoms with Gasteiger partial charge in [0.05, 0.1) is 11.9 Å². The van der Waals surface area contributed by atoms with Gasteiger partial charge in [0, 0.05) is 42.9 Å². The number of carbonyl (C=O) groups excluding carboxylic acids is 1. The van der Waals surface area contributed by atoms with E-state index >= 15 is 0 Å². The van der Waals surface area contributed by atoms with Crippen LogP contribution in [-0.4, -0.2) is 43.1 Å². The number of nitrogens with one attached hydrogen (secondary N) is 1. The van der Waals surface area contributed by atoms with Gasteiger partial charge in [0.1, 0.15) is 5.69 Å². The molecule has 0 atom stereocenters. The third-order valence-corrected chi connectivity index (χ3v) is 4.45.